The molecule has 4 aliphatic carbocycles. The van der Waals surface area contributed by atoms with Crippen LogP contribution < -0.4 is 5.32 Å². The Kier molecular flexibility index (Phi) is 10.2. The van der Waals surface area contributed by atoms with Crippen molar-refractivity contribution in [3.05, 3.63) is 185 Å². The molecule has 4 heteroatoms. The van der Waals surface area contributed by atoms with Crippen LogP contribution >= 0.6 is 0 Å². The van der Waals surface area contributed by atoms with Crippen LogP contribution in [0.5, 0.6) is 0 Å². The number of amidine groups is 2. The number of allylic oxidation sites excluding steroid dienone is 14. The minimum atomic E-state index is -0.170. The van der Waals surface area contributed by atoms with Crippen molar-refractivity contribution in [1.29, 1.82) is 0 Å². The lowest BCUT2D eigenvalue weighted by Crippen LogP contribution is -2.35. The monoisotopic (exact) mass is 706 g/mol. The molecule has 6 aliphatic rings. The normalized spacial score (nSPS) is 27.7. The van der Waals surface area contributed by atoms with Gasteiger partial charge in [-0.1, -0.05) is 146 Å². The number of hydrogen-bond acceptors (Lipinski definition) is 4. The Morgan fingerprint density at radius 3 is 2.15 bits per heavy atom. The second kappa shape index (κ2) is 15.9. The van der Waals surface area contributed by atoms with Crippen LogP contribution in [0.4, 0.5) is 0 Å². The van der Waals surface area contributed by atoms with Crippen LogP contribution in [-0.4, -0.2) is 17.9 Å². The molecular formula is C50H50N4. The SMILES string of the molecule is C1=CCC(C2=C(C3CC=CCC3)N=CC(c3cccc(C4=CCC(C5=NC(c6ccc(C7C=CC=CC7)cc6)NC(c6ccccc6)=N5)CC4)c3)C2)C=C1. The number of aliphatic imine (C=N–C) groups is 3. The maximum absolute atomic E-state index is 5.28. The average molecular weight is 707 g/mol. The van der Waals surface area contributed by atoms with Crippen molar-refractivity contribution in [2.45, 2.75) is 75.8 Å². The molecule has 3 aromatic carbocycles. The van der Waals surface area contributed by atoms with E-state index in [1.807, 2.05) is 0 Å². The molecule has 2 heterocycles. The van der Waals surface area contributed by atoms with Gasteiger partial charge in [0.05, 0.1) is 0 Å². The fraction of sp³-hybridized carbons (Fsp3) is 0.300. The van der Waals surface area contributed by atoms with E-state index in [1.165, 1.54) is 39.9 Å². The summed E-state index contributed by atoms with van der Waals surface area (Å²) in [4.78, 5) is 15.7. The number of benzene rings is 3. The van der Waals surface area contributed by atoms with Gasteiger partial charge in [-0.2, -0.15) is 0 Å². The summed E-state index contributed by atoms with van der Waals surface area (Å²) in [7, 11) is 0. The molecular weight excluding hydrogens is 657 g/mol. The molecule has 2 aliphatic heterocycles. The van der Waals surface area contributed by atoms with Gasteiger partial charge in [-0.25, -0.2) is 9.98 Å². The minimum absolute atomic E-state index is 0.170. The molecule has 6 atom stereocenters. The largest absolute Gasteiger partial charge is 0.344 e. The van der Waals surface area contributed by atoms with Crippen LogP contribution in [0.1, 0.15) is 104 Å². The van der Waals surface area contributed by atoms with Crippen LogP contribution in [0, 0.1) is 17.8 Å². The first-order valence-corrected chi connectivity index (χ1v) is 20.2. The summed E-state index contributed by atoms with van der Waals surface area (Å²) in [5.41, 5.74) is 10.7. The molecule has 1 N–H and O–H groups in total. The highest BCUT2D eigenvalue weighted by molar-refractivity contribution is 6.08. The molecule has 0 amide bonds. The molecule has 0 bridgehead atoms. The standard InChI is InChI=1S/C50H50N4/c1-5-14-35(15-6-1)36-24-28-41(29-25-36)49-52-48(40-20-11-4-12-21-40)53-50(54-49)42-30-26-37(27-31-42)43-22-13-23-44(32-43)45-33-46(38-16-7-2-8-17-38)47(51-34-45)39-18-9-3-10-19-39/h1-9,11-14,16,20-26,28-29,32,34-35,38-39,42,45,49H,10,15,17-19,27,30-31,33H2,(H,52,53,54). The Morgan fingerprint density at radius 2 is 1.41 bits per heavy atom. The Hall–Kier alpha value is -5.35. The Labute approximate surface area is 321 Å². The number of hydrogen-bond donors (Lipinski definition) is 1. The minimum Gasteiger partial charge on any atom is -0.344 e. The smallest absolute Gasteiger partial charge is 0.147 e. The second-order valence-electron chi connectivity index (χ2n) is 15.6. The van der Waals surface area contributed by atoms with Gasteiger partial charge < -0.3 is 5.32 Å². The lowest BCUT2D eigenvalue weighted by Gasteiger charge is -2.31. The van der Waals surface area contributed by atoms with E-state index in [-0.39, 0.29) is 12.1 Å². The van der Waals surface area contributed by atoms with Crippen LogP contribution in [-0.2, 0) is 0 Å². The van der Waals surface area contributed by atoms with E-state index in [1.54, 1.807) is 5.57 Å². The lowest BCUT2D eigenvalue weighted by molar-refractivity contribution is 0.521. The molecule has 0 spiro atoms. The molecule has 0 saturated heterocycles. The molecule has 54 heavy (non-hydrogen) atoms. The van der Waals surface area contributed by atoms with Crippen molar-refractivity contribution in [2.24, 2.45) is 32.7 Å². The molecule has 270 valence electrons. The zero-order chi connectivity index (χ0) is 36.1. The Bertz CT molecular complexity index is 2150. The summed E-state index contributed by atoms with van der Waals surface area (Å²) in [5.74, 6) is 3.88. The first kappa shape index (κ1) is 34.4. The van der Waals surface area contributed by atoms with E-state index in [4.69, 9.17) is 15.0 Å². The van der Waals surface area contributed by atoms with Crippen LogP contribution in [0.3, 0.4) is 0 Å². The van der Waals surface area contributed by atoms with Crippen molar-refractivity contribution in [1.82, 2.24) is 5.32 Å². The summed E-state index contributed by atoms with van der Waals surface area (Å²) in [6.45, 7) is 0. The van der Waals surface area contributed by atoms with Gasteiger partial charge in [-0.05, 0) is 91.2 Å². The molecule has 6 unspecified atom stereocenters. The Balaban J connectivity index is 0.935. The van der Waals surface area contributed by atoms with Crippen LogP contribution in [0.15, 0.2) is 172 Å². The lowest BCUT2D eigenvalue weighted by atomic mass is 9.77. The Morgan fingerprint density at radius 1 is 0.611 bits per heavy atom. The summed E-state index contributed by atoms with van der Waals surface area (Å²) >= 11 is 0. The average Bonchev–Trinajstić information content (AvgIpc) is 3.27. The van der Waals surface area contributed by atoms with Gasteiger partial charge >= 0.3 is 0 Å². The van der Waals surface area contributed by atoms with Crippen molar-refractivity contribution < 1.29 is 0 Å². The summed E-state index contributed by atoms with van der Waals surface area (Å²) < 4.78 is 0. The van der Waals surface area contributed by atoms with Gasteiger partial charge in [0.25, 0.3) is 0 Å². The fourth-order valence-electron chi connectivity index (χ4n) is 9.06. The molecule has 0 aromatic heterocycles. The fourth-order valence-corrected chi connectivity index (χ4v) is 9.06. The van der Waals surface area contributed by atoms with Gasteiger partial charge in [0, 0.05) is 47.1 Å². The maximum atomic E-state index is 5.28. The highest BCUT2D eigenvalue weighted by atomic mass is 15.2. The van der Waals surface area contributed by atoms with Gasteiger partial charge in [0.2, 0.25) is 0 Å². The molecule has 0 radical (unpaired) electrons. The van der Waals surface area contributed by atoms with Crippen molar-refractivity contribution in [2.75, 3.05) is 0 Å². The van der Waals surface area contributed by atoms with Crippen molar-refractivity contribution >= 4 is 23.5 Å². The highest BCUT2D eigenvalue weighted by Crippen LogP contribution is 2.42. The van der Waals surface area contributed by atoms with Crippen molar-refractivity contribution in [3.63, 3.8) is 0 Å². The number of rotatable bonds is 8. The van der Waals surface area contributed by atoms with E-state index >= 15 is 0 Å². The van der Waals surface area contributed by atoms with Crippen LogP contribution in [0.2, 0.25) is 0 Å². The predicted molar refractivity (Wildman–Crippen MR) is 226 cm³/mol. The van der Waals surface area contributed by atoms with E-state index in [2.05, 4.69) is 157 Å². The predicted octanol–water partition coefficient (Wildman–Crippen LogP) is 11.9. The number of nitrogens with zero attached hydrogens (tertiary/aromatic N) is 3. The van der Waals surface area contributed by atoms with E-state index in [0.29, 0.717) is 23.7 Å². The zero-order valence-corrected chi connectivity index (χ0v) is 31.1. The molecule has 4 nitrogen and oxygen atoms in total. The topological polar surface area (TPSA) is 49.1 Å². The van der Waals surface area contributed by atoms with Gasteiger partial charge in [0.15, 0.2) is 0 Å². The molecule has 3 aromatic rings. The highest BCUT2D eigenvalue weighted by Gasteiger charge is 2.30. The van der Waals surface area contributed by atoms with Crippen LogP contribution in [0.25, 0.3) is 5.57 Å². The first-order valence-electron chi connectivity index (χ1n) is 20.2. The van der Waals surface area contributed by atoms with Gasteiger partial charge in [-0.3, -0.25) is 4.99 Å². The summed E-state index contributed by atoms with van der Waals surface area (Å²) in [6, 6.07) is 28.8. The van der Waals surface area contributed by atoms with Gasteiger partial charge in [-0.15, -0.1) is 0 Å². The second-order valence-corrected chi connectivity index (χ2v) is 15.6. The van der Waals surface area contributed by atoms with Crippen molar-refractivity contribution in [3.8, 4) is 0 Å². The molecule has 0 saturated carbocycles. The third kappa shape index (κ3) is 7.53. The zero-order valence-electron chi connectivity index (χ0n) is 31.1. The summed E-state index contributed by atoms with van der Waals surface area (Å²) in [6.07, 6.45) is 36.9. The third-order valence-corrected chi connectivity index (χ3v) is 12.2. The maximum Gasteiger partial charge on any atom is 0.147 e. The van der Waals surface area contributed by atoms with E-state index in [9.17, 15) is 0 Å². The first-order chi connectivity index (χ1) is 26.7. The quantitative estimate of drug-likeness (QED) is 0.233. The molecule has 9 rings (SSSR count). The third-order valence-electron chi connectivity index (χ3n) is 12.2. The van der Waals surface area contributed by atoms with Gasteiger partial charge in [0.1, 0.15) is 17.8 Å². The molecule has 0 fully saturated rings. The number of nitrogens with one attached hydrogen (secondary N) is 1. The summed E-state index contributed by atoms with van der Waals surface area (Å²) in [5, 5.41) is 3.67. The van der Waals surface area contributed by atoms with E-state index in [0.717, 1.165) is 68.6 Å². The van der Waals surface area contributed by atoms with E-state index < -0.39 is 0 Å².